The summed E-state index contributed by atoms with van der Waals surface area (Å²) < 4.78 is 30.4. The van der Waals surface area contributed by atoms with E-state index in [2.05, 4.69) is 57.8 Å². The molecule has 4 aromatic rings. The van der Waals surface area contributed by atoms with E-state index < -0.39 is 17.9 Å². The minimum atomic E-state index is -0.910. The molecule has 1 aromatic carbocycles. The van der Waals surface area contributed by atoms with Crippen LogP contribution in [0.15, 0.2) is 30.5 Å². The fourth-order valence-electron chi connectivity index (χ4n) is 4.13. The van der Waals surface area contributed by atoms with Crippen LogP contribution in [0, 0.1) is 35.6 Å². The minimum Gasteiger partial charge on any atom is -0.396 e. The molecule has 0 fully saturated rings. The number of rotatable bonds is 9. The molecule has 1 atom stereocenters. The van der Waals surface area contributed by atoms with Crippen molar-refractivity contribution in [2.45, 2.75) is 46.7 Å². The zero-order chi connectivity index (χ0) is 28.3. The molecular weight excluding hydrogens is 526 g/mol. The number of nitriles is 1. The molecule has 0 spiro atoms. The van der Waals surface area contributed by atoms with E-state index in [1.807, 2.05) is 0 Å². The van der Waals surface area contributed by atoms with Gasteiger partial charge in [0.2, 0.25) is 11.9 Å². The van der Waals surface area contributed by atoms with Crippen molar-refractivity contribution in [2.24, 2.45) is 5.41 Å². The second kappa shape index (κ2) is 11.5. The lowest BCUT2D eigenvalue weighted by Crippen LogP contribution is -2.20. The fraction of sp³-hybridized carbons (Fsp3) is 0.370. The van der Waals surface area contributed by atoms with Gasteiger partial charge >= 0.3 is 0 Å². The van der Waals surface area contributed by atoms with Crippen LogP contribution in [-0.4, -0.2) is 43.2 Å². The van der Waals surface area contributed by atoms with Crippen molar-refractivity contribution in [2.75, 3.05) is 23.8 Å². The van der Waals surface area contributed by atoms with Crippen LogP contribution in [0.5, 0.6) is 0 Å². The molecule has 3 heterocycles. The normalized spacial score (nSPS) is 12.4. The molecule has 0 aliphatic heterocycles. The Kier molecular flexibility index (Phi) is 8.28. The summed E-state index contributed by atoms with van der Waals surface area (Å²) >= 11 is 6.63. The number of hydrogen-bond donors (Lipinski definition) is 3. The second-order valence-corrected chi connectivity index (χ2v) is 10.8. The first kappa shape index (κ1) is 28.1. The van der Waals surface area contributed by atoms with Gasteiger partial charge in [-0.25, -0.2) is 9.67 Å². The summed E-state index contributed by atoms with van der Waals surface area (Å²) in [6, 6.07) is 7.38. The highest BCUT2D eigenvalue weighted by molar-refractivity contribution is 6.35. The fourth-order valence-corrected chi connectivity index (χ4v) is 4.40. The molecule has 0 saturated carbocycles. The third-order valence-electron chi connectivity index (χ3n) is 6.06. The lowest BCUT2D eigenvalue weighted by atomic mass is 9.96. The average Bonchev–Trinajstić information content (AvgIpc) is 3.24. The average molecular weight is 555 g/mol. The molecule has 39 heavy (non-hydrogen) atoms. The summed E-state index contributed by atoms with van der Waals surface area (Å²) in [4.78, 5) is 8.28. The molecule has 0 aliphatic carbocycles. The van der Waals surface area contributed by atoms with E-state index in [1.54, 1.807) is 19.1 Å². The maximum atomic E-state index is 15.5. The Morgan fingerprint density at radius 2 is 2.00 bits per heavy atom. The van der Waals surface area contributed by atoms with Crippen LogP contribution in [-0.2, 0) is 6.54 Å². The number of halogens is 3. The van der Waals surface area contributed by atoms with Crippen LogP contribution in [0.4, 0.5) is 20.2 Å². The number of anilines is 2. The van der Waals surface area contributed by atoms with Crippen molar-refractivity contribution in [3.63, 3.8) is 0 Å². The van der Waals surface area contributed by atoms with Gasteiger partial charge in [0, 0.05) is 48.2 Å². The number of aryl methyl sites for hydroxylation is 2. The number of nitrogens with one attached hydrogen (secondary N) is 2. The standard InChI is InChI=1S/C27H29ClF2N8O/c1-15-18(6-7-21(29)34-15)24(25-26(30)38(37-36-25)8-5-9-39)35-17-10-19-22(33-14-27(2,3)4)16(12-31)13-32-23(19)20(28)11-17/h6-7,10-11,13,24,35,39H,5,8-9,14H2,1-4H3,(H,32,33)/t24-/m0/s1. The predicted molar refractivity (Wildman–Crippen MR) is 145 cm³/mol. The minimum absolute atomic E-state index is 0.0318. The molecule has 3 N–H and O–H groups in total. The molecule has 9 nitrogen and oxygen atoms in total. The van der Waals surface area contributed by atoms with Crippen LogP contribution in [0.25, 0.3) is 10.9 Å². The van der Waals surface area contributed by atoms with Gasteiger partial charge in [0.25, 0.3) is 0 Å². The molecule has 0 amide bonds. The Balaban J connectivity index is 1.84. The van der Waals surface area contributed by atoms with E-state index in [9.17, 15) is 9.65 Å². The van der Waals surface area contributed by atoms with E-state index in [1.165, 1.54) is 18.3 Å². The number of nitrogens with zero attached hydrogens (tertiary/aromatic N) is 6. The third kappa shape index (κ3) is 6.24. The maximum Gasteiger partial charge on any atom is 0.237 e. The molecule has 4 rings (SSSR count). The number of aromatic nitrogens is 5. The van der Waals surface area contributed by atoms with E-state index in [0.29, 0.717) is 57.1 Å². The number of hydrogen-bond acceptors (Lipinski definition) is 8. The summed E-state index contributed by atoms with van der Waals surface area (Å²) in [5, 5.41) is 34.4. The topological polar surface area (TPSA) is 125 Å². The van der Waals surface area contributed by atoms with Crippen LogP contribution >= 0.6 is 11.6 Å². The summed E-state index contributed by atoms with van der Waals surface area (Å²) in [7, 11) is 0. The molecule has 3 aromatic heterocycles. The predicted octanol–water partition coefficient (Wildman–Crippen LogP) is 5.37. The molecule has 0 bridgehead atoms. The molecule has 0 saturated heterocycles. The first-order valence-corrected chi connectivity index (χ1v) is 12.8. The number of aliphatic hydroxyl groups excluding tert-OH is 1. The number of aliphatic hydroxyl groups is 1. The SMILES string of the molecule is Cc1nc(F)ccc1[C@H](Nc1cc(Cl)c2ncc(C#N)c(NCC(C)(C)C)c2c1)c1nnn(CCCO)c1F. The summed E-state index contributed by atoms with van der Waals surface area (Å²) in [5.74, 6) is -1.36. The van der Waals surface area contributed by atoms with Crippen molar-refractivity contribution < 1.29 is 13.9 Å². The van der Waals surface area contributed by atoms with Crippen LogP contribution in [0.3, 0.4) is 0 Å². The highest BCUT2D eigenvalue weighted by Crippen LogP contribution is 2.36. The van der Waals surface area contributed by atoms with E-state index in [-0.39, 0.29) is 24.3 Å². The lowest BCUT2D eigenvalue weighted by Gasteiger charge is -2.23. The number of fused-ring (bicyclic) bond motifs is 1. The molecule has 0 unspecified atom stereocenters. The second-order valence-electron chi connectivity index (χ2n) is 10.4. The maximum absolute atomic E-state index is 15.5. The zero-order valence-electron chi connectivity index (χ0n) is 22.1. The monoisotopic (exact) mass is 554 g/mol. The van der Waals surface area contributed by atoms with Gasteiger partial charge in [0.05, 0.1) is 21.8 Å². The lowest BCUT2D eigenvalue weighted by molar-refractivity contribution is 0.271. The van der Waals surface area contributed by atoms with Gasteiger partial charge in [0.1, 0.15) is 17.8 Å². The zero-order valence-corrected chi connectivity index (χ0v) is 22.8. The summed E-state index contributed by atoms with van der Waals surface area (Å²) in [5.41, 5.74) is 2.64. The Morgan fingerprint density at radius 1 is 1.23 bits per heavy atom. The first-order chi connectivity index (χ1) is 18.5. The van der Waals surface area contributed by atoms with Crippen molar-refractivity contribution in [3.05, 3.63) is 69.9 Å². The molecule has 12 heteroatoms. The van der Waals surface area contributed by atoms with Gasteiger partial charge < -0.3 is 15.7 Å². The number of benzene rings is 1. The number of pyridine rings is 2. The molecule has 0 radical (unpaired) electrons. The Morgan fingerprint density at radius 3 is 2.67 bits per heavy atom. The van der Waals surface area contributed by atoms with Crippen LogP contribution in [0.2, 0.25) is 5.02 Å². The third-order valence-corrected chi connectivity index (χ3v) is 6.34. The molecule has 204 valence electrons. The van der Waals surface area contributed by atoms with Gasteiger partial charge in [0.15, 0.2) is 0 Å². The highest BCUT2D eigenvalue weighted by atomic mass is 35.5. The summed E-state index contributed by atoms with van der Waals surface area (Å²) in [6.45, 7) is 8.42. The Hall–Kier alpha value is -3.88. The molecular formula is C27H29ClF2N8O. The smallest absolute Gasteiger partial charge is 0.237 e. The van der Waals surface area contributed by atoms with Crippen LogP contribution in [0.1, 0.15) is 55.7 Å². The largest absolute Gasteiger partial charge is 0.396 e. The summed E-state index contributed by atoms with van der Waals surface area (Å²) in [6.07, 6.45) is 1.77. The van der Waals surface area contributed by atoms with Crippen molar-refractivity contribution in [1.29, 1.82) is 5.26 Å². The van der Waals surface area contributed by atoms with E-state index in [0.717, 1.165) is 4.68 Å². The van der Waals surface area contributed by atoms with Crippen molar-refractivity contribution in [1.82, 2.24) is 25.0 Å². The Bertz CT molecular complexity index is 1540. The Labute approximate surface area is 229 Å². The molecule has 0 aliphatic rings. The van der Waals surface area contributed by atoms with E-state index >= 15 is 4.39 Å². The van der Waals surface area contributed by atoms with Gasteiger partial charge in [-0.2, -0.15) is 14.0 Å². The quantitative estimate of drug-likeness (QED) is 0.236. The van der Waals surface area contributed by atoms with E-state index in [4.69, 9.17) is 16.7 Å². The van der Waals surface area contributed by atoms with Crippen molar-refractivity contribution in [3.8, 4) is 6.07 Å². The van der Waals surface area contributed by atoms with Gasteiger partial charge in [-0.15, -0.1) is 5.10 Å². The van der Waals surface area contributed by atoms with Gasteiger partial charge in [-0.05, 0) is 37.0 Å². The van der Waals surface area contributed by atoms with Gasteiger partial charge in [-0.3, -0.25) is 4.98 Å². The van der Waals surface area contributed by atoms with Crippen LogP contribution < -0.4 is 10.6 Å². The van der Waals surface area contributed by atoms with Crippen molar-refractivity contribution >= 4 is 33.9 Å². The van der Waals surface area contributed by atoms with Gasteiger partial charge in [-0.1, -0.05) is 43.7 Å². The highest BCUT2D eigenvalue weighted by Gasteiger charge is 2.27. The first-order valence-electron chi connectivity index (χ1n) is 12.4.